The molecule has 0 radical (unpaired) electrons. The Bertz CT molecular complexity index is 1240. The fraction of sp³-hybridized carbons (Fsp3) is 0.261. The summed E-state index contributed by atoms with van der Waals surface area (Å²) in [5, 5.41) is 9.85. The van der Waals surface area contributed by atoms with Gasteiger partial charge < -0.3 is 14.5 Å². The molecule has 9 heteroatoms. The molecule has 2 aromatic carbocycles. The minimum absolute atomic E-state index is 0.189. The van der Waals surface area contributed by atoms with Crippen LogP contribution in [0.2, 0.25) is 5.02 Å². The number of carbonyl (C=O) groups is 1. The van der Waals surface area contributed by atoms with Gasteiger partial charge in [-0.15, -0.1) is 0 Å². The van der Waals surface area contributed by atoms with Crippen molar-refractivity contribution in [2.75, 3.05) is 20.3 Å². The fourth-order valence-electron chi connectivity index (χ4n) is 4.25. The quantitative estimate of drug-likeness (QED) is 0.491. The van der Waals surface area contributed by atoms with Gasteiger partial charge in [0, 0.05) is 28.2 Å². The van der Waals surface area contributed by atoms with E-state index in [1.807, 2.05) is 42.5 Å². The molecule has 1 aliphatic heterocycles. The maximum absolute atomic E-state index is 13.1. The van der Waals surface area contributed by atoms with Crippen LogP contribution in [-0.2, 0) is 17.7 Å². The number of aromatic amines is 1. The van der Waals surface area contributed by atoms with Crippen LogP contribution in [0.4, 0.5) is 4.79 Å². The molecule has 3 heterocycles. The van der Waals surface area contributed by atoms with Crippen LogP contribution in [0.3, 0.4) is 0 Å². The summed E-state index contributed by atoms with van der Waals surface area (Å²) < 4.78 is 10.9. The number of carbonyl (C=O) groups excluding carboxylic acids is 1. The Balaban J connectivity index is 1.48. The molecule has 1 aliphatic rings. The number of rotatable bonds is 5. The summed E-state index contributed by atoms with van der Waals surface area (Å²) in [4.78, 5) is 19.9. The molecule has 32 heavy (non-hydrogen) atoms. The molecule has 164 valence electrons. The summed E-state index contributed by atoms with van der Waals surface area (Å²) in [7, 11) is 1.63. The highest BCUT2D eigenvalue weighted by Crippen LogP contribution is 2.39. The number of H-pyrrole nitrogens is 1. The lowest BCUT2D eigenvalue weighted by molar-refractivity contribution is 0.0842. The molecule has 1 amide bonds. The zero-order chi connectivity index (χ0) is 22.1. The molecule has 4 aromatic rings. The summed E-state index contributed by atoms with van der Waals surface area (Å²) in [5.41, 5.74) is 4.12. The van der Waals surface area contributed by atoms with Gasteiger partial charge in [0.15, 0.2) is 0 Å². The molecule has 1 atom stereocenters. The maximum atomic E-state index is 13.1. The zero-order valence-corrected chi connectivity index (χ0v) is 18.2. The Kier molecular flexibility index (Phi) is 5.45. The first-order chi connectivity index (χ1) is 15.6. The van der Waals surface area contributed by atoms with Crippen molar-refractivity contribution in [3.05, 3.63) is 76.7 Å². The van der Waals surface area contributed by atoms with Crippen LogP contribution in [0.1, 0.15) is 22.9 Å². The molecular formula is C23H22ClN5O3. The third kappa shape index (κ3) is 3.78. The standard InChI is InChI=1S/C23H22ClN5O3/c1-31-17-5-2-15(3-6-17)22-21-18(19-14-16(24)4-7-20(19)27-21)8-11-28(22)23(30)32-13-12-29-25-9-10-26-29/h2-7,9-10,14,22,27H,8,11-13H2,1H3. The number of benzene rings is 2. The fourth-order valence-corrected chi connectivity index (χ4v) is 4.42. The summed E-state index contributed by atoms with van der Waals surface area (Å²) in [6.45, 7) is 1.12. The van der Waals surface area contributed by atoms with Gasteiger partial charge >= 0.3 is 6.09 Å². The molecule has 1 unspecified atom stereocenters. The number of aromatic nitrogens is 4. The summed E-state index contributed by atoms with van der Waals surface area (Å²) in [6.07, 6.45) is 3.52. The van der Waals surface area contributed by atoms with Gasteiger partial charge in [0.05, 0.1) is 26.0 Å². The van der Waals surface area contributed by atoms with E-state index >= 15 is 0 Å². The zero-order valence-electron chi connectivity index (χ0n) is 17.5. The molecule has 5 rings (SSSR count). The van der Waals surface area contributed by atoms with E-state index in [4.69, 9.17) is 21.1 Å². The number of nitrogens with zero attached hydrogens (tertiary/aromatic N) is 4. The highest BCUT2D eigenvalue weighted by molar-refractivity contribution is 6.31. The van der Waals surface area contributed by atoms with Gasteiger partial charge in [0.1, 0.15) is 18.4 Å². The Morgan fingerprint density at radius 2 is 1.97 bits per heavy atom. The minimum Gasteiger partial charge on any atom is -0.497 e. The van der Waals surface area contributed by atoms with Crippen molar-refractivity contribution in [3.8, 4) is 5.75 Å². The number of fused-ring (bicyclic) bond motifs is 3. The van der Waals surface area contributed by atoms with Crippen LogP contribution in [0.25, 0.3) is 10.9 Å². The van der Waals surface area contributed by atoms with Crippen LogP contribution < -0.4 is 4.74 Å². The SMILES string of the molecule is COc1ccc(C2c3[nH]c4ccc(Cl)cc4c3CCN2C(=O)OCCn2nccn2)cc1. The second kappa shape index (κ2) is 8.55. The van der Waals surface area contributed by atoms with E-state index in [0.29, 0.717) is 24.5 Å². The van der Waals surface area contributed by atoms with Crippen molar-refractivity contribution in [2.45, 2.75) is 19.0 Å². The van der Waals surface area contributed by atoms with Gasteiger partial charge in [-0.1, -0.05) is 23.7 Å². The summed E-state index contributed by atoms with van der Waals surface area (Å²) in [5.74, 6) is 0.758. The van der Waals surface area contributed by atoms with Crippen LogP contribution in [0.15, 0.2) is 54.9 Å². The number of amides is 1. The third-order valence-corrected chi connectivity index (χ3v) is 5.97. The van der Waals surface area contributed by atoms with E-state index in [2.05, 4.69) is 15.2 Å². The topological polar surface area (TPSA) is 85.3 Å². The third-order valence-electron chi connectivity index (χ3n) is 5.74. The van der Waals surface area contributed by atoms with E-state index in [-0.39, 0.29) is 18.7 Å². The normalized spacial score (nSPS) is 15.6. The molecule has 2 aromatic heterocycles. The van der Waals surface area contributed by atoms with Crippen LogP contribution in [0.5, 0.6) is 5.75 Å². The van der Waals surface area contributed by atoms with E-state index < -0.39 is 0 Å². The lowest BCUT2D eigenvalue weighted by Gasteiger charge is -2.35. The minimum atomic E-state index is -0.375. The first-order valence-electron chi connectivity index (χ1n) is 10.4. The Morgan fingerprint density at radius 1 is 1.19 bits per heavy atom. The van der Waals surface area contributed by atoms with Gasteiger partial charge in [-0.3, -0.25) is 4.90 Å². The summed E-state index contributed by atoms with van der Waals surface area (Å²) >= 11 is 6.26. The Labute approximate surface area is 189 Å². The molecule has 0 bridgehead atoms. The van der Waals surface area contributed by atoms with E-state index in [0.717, 1.165) is 27.9 Å². The largest absolute Gasteiger partial charge is 0.497 e. The van der Waals surface area contributed by atoms with Crippen molar-refractivity contribution >= 4 is 28.6 Å². The van der Waals surface area contributed by atoms with Crippen LogP contribution in [0, 0.1) is 0 Å². The average Bonchev–Trinajstić information content (AvgIpc) is 3.46. The smallest absolute Gasteiger partial charge is 0.410 e. The second-order valence-electron chi connectivity index (χ2n) is 7.57. The highest BCUT2D eigenvalue weighted by atomic mass is 35.5. The van der Waals surface area contributed by atoms with Gasteiger partial charge in [-0.05, 0) is 47.9 Å². The van der Waals surface area contributed by atoms with Gasteiger partial charge in [0.2, 0.25) is 0 Å². The van der Waals surface area contributed by atoms with Crippen molar-refractivity contribution < 1.29 is 14.3 Å². The molecule has 0 aliphatic carbocycles. The Hall–Kier alpha value is -3.52. The first-order valence-corrected chi connectivity index (χ1v) is 10.7. The number of hydrogen-bond donors (Lipinski definition) is 1. The maximum Gasteiger partial charge on any atom is 0.410 e. The van der Waals surface area contributed by atoms with Crippen LogP contribution >= 0.6 is 11.6 Å². The molecule has 0 spiro atoms. The number of halogens is 1. The van der Waals surface area contributed by atoms with Gasteiger partial charge in [0.25, 0.3) is 0 Å². The Morgan fingerprint density at radius 3 is 2.72 bits per heavy atom. The second-order valence-corrected chi connectivity index (χ2v) is 8.00. The van der Waals surface area contributed by atoms with E-state index in [1.54, 1.807) is 24.4 Å². The van der Waals surface area contributed by atoms with Crippen LogP contribution in [-0.4, -0.2) is 51.2 Å². The van der Waals surface area contributed by atoms with Gasteiger partial charge in [-0.25, -0.2) is 4.79 Å². The lowest BCUT2D eigenvalue weighted by atomic mass is 9.92. The summed E-state index contributed by atoms with van der Waals surface area (Å²) in [6, 6.07) is 13.3. The number of hydrogen-bond acceptors (Lipinski definition) is 5. The number of nitrogens with one attached hydrogen (secondary N) is 1. The van der Waals surface area contributed by atoms with Crippen molar-refractivity contribution in [3.63, 3.8) is 0 Å². The molecular weight excluding hydrogens is 430 g/mol. The lowest BCUT2D eigenvalue weighted by Crippen LogP contribution is -2.41. The van der Waals surface area contributed by atoms with Crippen molar-refractivity contribution in [2.24, 2.45) is 0 Å². The molecule has 0 saturated carbocycles. The first kappa shape index (κ1) is 20.4. The predicted molar refractivity (Wildman–Crippen MR) is 120 cm³/mol. The van der Waals surface area contributed by atoms with Gasteiger partial charge in [-0.2, -0.15) is 15.0 Å². The van der Waals surface area contributed by atoms with E-state index in [9.17, 15) is 4.79 Å². The average molecular weight is 452 g/mol. The molecule has 8 nitrogen and oxygen atoms in total. The number of methoxy groups -OCH3 is 1. The molecule has 1 N–H and O–H groups in total. The van der Waals surface area contributed by atoms with E-state index in [1.165, 1.54) is 10.4 Å². The monoisotopic (exact) mass is 451 g/mol. The molecule has 0 saturated heterocycles. The predicted octanol–water partition coefficient (Wildman–Crippen LogP) is 4.21. The van der Waals surface area contributed by atoms with Crippen molar-refractivity contribution in [1.29, 1.82) is 0 Å². The van der Waals surface area contributed by atoms with Crippen molar-refractivity contribution in [1.82, 2.24) is 24.9 Å². The number of ether oxygens (including phenoxy) is 2. The highest BCUT2D eigenvalue weighted by Gasteiger charge is 2.35. The molecule has 0 fully saturated rings.